The molecule has 38 heavy (non-hydrogen) atoms. The molecule has 0 aromatic heterocycles. The van der Waals surface area contributed by atoms with Gasteiger partial charge in [0.25, 0.3) is 0 Å². The van der Waals surface area contributed by atoms with Gasteiger partial charge in [-0.3, -0.25) is 4.79 Å². The Hall–Kier alpha value is -2.69. The van der Waals surface area contributed by atoms with Crippen molar-refractivity contribution in [1.29, 1.82) is 0 Å². The van der Waals surface area contributed by atoms with Gasteiger partial charge in [-0.05, 0) is 76.2 Å². The minimum atomic E-state index is -0.530. The van der Waals surface area contributed by atoms with Crippen molar-refractivity contribution in [2.75, 3.05) is 6.61 Å². The van der Waals surface area contributed by atoms with E-state index < -0.39 is 5.41 Å². The highest BCUT2D eigenvalue weighted by Crippen LogP contribution is 2.57. The molecule has 0 saturated carbocycles. The molecule has 0 amide bonds. The molecule has 4 aromatic carbocycles. The van der Waals surface area contributed by atoms with E-state index in [1.807, 2.05) is 12.1 Å². The molecule has 0 heterocycles. The SMILES string of the molecule is CCCCCCCCOc1ccc(C2(c3ccc(C=O)cc3)c3cc(Br)ccc3-c3ccc(Br)cc32)cc1. The van der Waals surface area contributed by atoms with Crippen molar-refractivity contribution in [2.45, 2.75) is 50.9 Å². The summed E-state index contributed by atoms with van der Waals surface area (Å²) in [6.45, 7) is 2.99. The van der Waals surface area contributed by atoms with E-state index >= 15 is 0 Å². The fourth-order valence-electron chi connectivity index (χ4n) is 5.74. The fourth-order valence-corrected chi connectivity index (χ4v) is 6.46. The molecule has 0 atom stereocenters. The van der Waals surface area contributed by atoms with Crippen molar-refractivity contribution in [3.63, 3.8) is 0 Å². The summed E-state index contributed by atoms with van der Waals surface area (Å²) in [5.41, 5.74) is 7.32. The maximum Gasteiger partial charge on any atom is 0.150 e. The predicted octanol–water partition coefficient (Wildman–Crippen LogP) is 10.1. The molecular formula is C34H32Br2O2. The minimum Gasteiger partial charge on any atom is -0.494 e. The summed E-state index contributed by atoms with van der Waals surface area (Å²) in [5.74, 6) is 0.899. The van der Waals surface area contributed by atoms with Gasteiger partial charge in [-0.15, -0.1) is 0 Å². The molecule has 0 aliphatic heterocycles. The van der Waals surface area contributed by atoms with Gasteiger partial charge in [0.2, 0.25) is 0 Å². The first-order valence-electron chi connectivity index (χ1n) is 13.5. The number of rotatable bonds is 11. The Labute approximate surface area is 242 Å². The highest BCUT2D eigenvalue weighted by atomic mass is 79.9. The lowest BCUT2D eigenvalue weighted by Crippen LogP contribution is -2.28. The number of carbonyl (C=O) groups is 1. The van der Waals surface area contributed by atoms with Crippen LogP contribution in [0.25, 0.3) is 11.1 Å². The number of aldehydes is 1. The van der Waals surface area contributed by atoms with Crippen LogP contribution in [0.5, 0.6) is 5.75 Å². The topological polar surface area (TPSA) is 26.3 Å². The van der Waals surface area contributed by atoms with Crippen LogP contribution in [0.4, 0.5) is 0 Å². The largest absolute Gasteiger partial charge is 0.494 e. The van der Waals surface area contributed by atoms with Crippen molar-refractivity contribution in [3.8, 4) is 16.9 Å². The van der Waals surface area contributed by atoms with Crippen LogP contribution in [0, 0.1) is 0 Å². The second-order valence-corrected chi connectivity index (χ2v) is 11.8. The third-order valence-corrected chi connectivity index (χ3v) is 8.58. The highest BCUT2D eigenvalue weighted by Gasteiger charge is 2.46. The molecule has 1 aliphatic carbocycles. The average Bonchev–Trinajstić information content (AvgIpc) is 3.22. The molecule has 5 rings (SSSR count). The zero-order chi connectivity index (χ0) is 26.5. The third kappa shape index (κ3) is 5.13. The Morgan fingerprint density at radius 2 is 1.21 bits per heavy atom. The molecule has 0 bridgehead atoms. The predicted molar refractivity (Wildman–Crippen MR) is 163 cm³/mol. The Morgan fingerprint density at radius 3 is 1.76 bits per heavy atom. The van der Waals surface area contributed by atoms with Crippen LogP contribution in [0.1, 0.15) is 78.1 Å². The Balaban J connectivity index is 1.56. The quantitative estimate of drug-likeness (QED) is 0.107. The van der Waals surface area contributed by atoms with Crippen LogP contribution in [0.2, 0.25) is 0 Å². The van der Waals surface area contributed by atoms with Crippen LogP contribution >= 0.6 is 31.9 Å². The van der Waals surface area contributed by atoms with Crippen LogP contribution < -0.4 is 4.74 Å². The second-order valence-electron chi connectivity index (χ2n) is 10.0. The molecule has 2 nitrogen and oxygen atoms in total. The first kappa shape index (κ1) is 26.9. The summed E-state index contributed by atoms with van der Waals surface area (Å²) in [6.07, 6.45) is 8.39. The van der Waals surface area contributed by atoms with Crippen LogP contribution in [0.15, 0.2) is 93.9 Å². The molecule has 0 saturated heterocycles. The van der Waals surface area contributed by atoms with Gasteiger partial charge in [0, 0.05) is 14.5 Å². The van der Waals surface area contributed by atoms with Gasteiger partial charge in [0.05, 0.1) is 12.0 Å². The van der Waals surface area contributed by atoms with Gasteiger partial charge >= 0.3 is 0 Å². The Bertz CT molecular complexity index is 1360. The molecule has 0 radical (unpaired) electrons. The molecular weight excluding hydrogens is 600 g/mol. The van der Waals surface area contributed by atoms with Crippen molar-refractivity contribution < 1.29 is 9.53 Å². The third-order valence-electron chi connectivity index (χ3n) is 7.60. The smallest absolute Gasteiger partial charge is 0.150 e. The molecule has 0 N–H and O–H groups in total. The first-order chi connectivity index (χ1) is 18.6. The van der Waals surface area contributed by atoms with E-state index in [0.29, 0.717) is 5.56 Å². The van der Waals surface area contributed by atoms with Gasteiger partial charge in [-0.25, -0.2) is 0 Å². The van der Waals surface area contributed by atoms with Crippen molar-refractivity contribution in [2.24, 2.45) is 0 Å². The van der Waals surface area contributed by atoms with Gasteiger partial charge in [-0.2, -0.15) is 0 Å². The van der Waals surface area contributed by atoms with Crippen LogP contribution in [0.3, 0.4) is 0 Å². The number of hydrogen-bond acceptors (Lipinski definition) is 2. The lowest BCUT2D eigenvalue weighted by atomic mass is 9.67. The van der Waals surface area contributed by atoms with Crippen molar-refractivity contribution >= 4 is 38.1 Å². The standard InChI is InChI=1S/C34H32Br2O2/c1-2-3-4-5-6-7-20-38-29-16-12-26(13-17-29)34(25-10-8-24(23-37)9-11-25)32-21-27(35)14-18-30(32)31-19-15-28(36)22-33(31)34/h8-19,21-23H,2-7,20H2,1H3. The summed E-state index contributed by atoms with van der Waals surface area (Å²) in [6, 6.07) is 29.7. The number of carbonyl (C=O) groups excluding carboxylic acids is 1. The lowest BCUT2D eigenvalue weighted by Gasteiger charge is -2.34. The van der Waals surface area contributed by atoms with Crippen LogP contribution in [-0.4, -0.2) is 12.9 Å². The number of ether oxygens (including phenoxy) is 1. The van der Waals surface area contributed by atoms with E-state index in [1.165, 1.54) is 59.9 Å². The summed E-state index contributed by atoms with van der Waals surface area (Å²) < 4.78 is 8.20. The number of unbranched alkanes of at least 4 members (excludes halogenated alkanes) is 5. The van der Waals surface area contributed by atoms with Gasteiger partial charge < -0.3 is 4.74 Å². The van der Waals surface area contributed by atoms with E-state index in [0.717, 1.165) is 39.6 Å². The second kappa shape index (κ2) is 12.0. The number of fused-ring (bicyclic) bond motifs is 3. The molecule has 0 spiro atoms. The maximum atomic E-state index is 11.5. The number of halogens is 2. The monoisotopic (exact) mass is 630 g/mol. The minimum absolute atomic E-state index is 0.530. The fraction of sp³-hybridized carbons (Fsp3) is 0.265. The van der Waals surface area contributed by atoms with E-state index in [4.69, 9.17) is 4.74 Å². The Morgan fingerprint density at radius 1 is 0.684 bits per heavy atom. The number of hydrogen-bond donors (Lipinski definition) is 0. The van der Waals surface area contributed by atoms with Crippen molar-refractivity contribution in [3.05, 3.63) is 122 Å². The van der Waals surface area contributed by atoms with E-state index in [-0.39, 0.29) is 0 Å². The van der Waals surface area contributed by atoms with E-state index in [2.05, 4.69) is 112 Å². The van der Waals surface area contributed by atoms with Gasteiger partial charge in [0.15, 0.2) is 0 Å². The van der Waals surface area contributed by atoms with Crippen molar-refractivity contribution in [1.82, 2.24) is 0 Å². The summed E-state index contributed by atoms with van der Waals surface area (Å²) in [7, 11) is 0. The molecule has 194 valence electrons. The zero-order valence-corrected chi connectivity index (χ0v) is 24.9. The lowest BCUT2D eigenvalue weighted by molar-refractivity contribution is 0.112. The summed E-state index contributed by atoms with van der Waals surface area (Å²) in [4.78, 5) is 11.5. The molecule has 4 aromatic rings. The summed E-state index contributed by atoms with van der Waals surface area (Å²) in [5, 5.41) is 0. The van der Waals surface area contributed by atoms with Crippen LogP contribution in [-0.2, 0) is 5.41 Å². The highest BCUT2D eigenvalue weighted by molar-refractivity contribution is 9.10. The molecule has 0 unspecified atom stereocenters. The zero-order valence-electron chi connectivity index (χ0n) is 21.7. The Kier molecular flexibility index (Phi) is 8.50. The molecule has 1 aliphatic rings. The molecule has 0 fully saturated rings. The molecule has 4 heteroatoms. The average molecular weight is 632 g/mol. The van der Waals surface area contributed by atoms with Gasteiger partial charge in [0.1, 0.15) is 12.0 Å². The first-order valence-corrected chi connectivity index (χ1v) is 15.1. The van der Waals surface area contributed by atoms with E-state index in [9.17, 15) is 4.79 Å². The summed E-state index contributed by atoms with van der Waals surface area (Å²) >= 11 is 7.47. The van der Waals surface area contributed by atoms with E-state index in [1.54, 1.807) is 0 Å². The maximum absolute atomic E-state index is 11.5. The normalized spacial score (nSPS) is 13.1. The van der Waals surface area contributed by atoms with Gasteiger partial charge in [-0.1, -0.05) is 119 Å². The number of benzene rings is 4.